The van der Waals surface area contributed by atoms with Crippen molar-refractivity contribution < 1.29 is 18.0 Å². The van der Waals surface area contributed by atoms with Crippen LogP contribution in [0, 0.1) is 0 Å². The second-order valence-electron chi connectivity index (χ2n) is 4.32. The number of rotatable bonds is 3. The van der Waals surface area contributed by atoms with E-state index in [9.17, 15) is 18.0 Å². The maximum absolute atomic E-state index is 13.0. The number of alkyl halides is 3. The van der Waals surface area contributed by atoms with Crippen molar-refractivity contribution in [3.63, 3.8) is 0 Å². The Morgan fingerprint density at radius 2 is 2.14 bits per heavy atom. The molecule has 0 aliphatic heterocycles. The van der Waals surface area contributed by atoms with Crippen molar-refractivity contribution in [3.8, 4) is 0 Å². The topological polar surface area (TPSA) is 46.9 Å². The molecule has 4 nitrogen and oxygen atoms in total. The third kappa shape index (κ3) is 3.61. The zero-order valence-electron chi connectivity index (χ0n) is 11.2. The van der Waals surface area contributed by atoms with Crippen LogP contribution in [0.2, 0.25) is 5.02 Å². The first-order valence-electron chi connectivity index (χ1n) is 6.13. The fourth-order valence-electron chi connectivity index (χ4n) is 1.75. The van der Waals surface area contributed by atoms with Gasteiger partial charge in [0.1, 0.15) is 0 Å². The first-order chi connectivity index (χ1) is 10.2. The third-order valence-corrected chi connectivity index (χ3v) is 3.56. The molecule has 2 aromatic rings. The lowest BCUT2D eigenvalue weighted by Crippen LogP contribution is -2.17. The van der Waals surface area contributed by atoms with Crippen molar-refractivity contribution in [2.75, 3.05) is 5.32 Å². The summed E-state index contributed by atoms with van der Waals surface area (Å²) in [6.07, 6.45) is -3.16. The molecule has 0 atom stereocenters. The molecule has 0 aliphatic rings. The molecular formula is C13H10BrClF3N3O. The van der Waals surface area contributed by atoms with Crippen molar-refractivity contribution >= 4 is 39.1 Å². The maximum Gasteiger partial charge on any atom is 0.418 e. The van der Waals surface area contributed by atoms with Gasteiger partial charge in [0, 0.05) is 17.2 Å². The van der Waals surface area contributed by atoms with Gasteiger partial charge in [-0.05, 0) is 25.1 Å². The average molecular weight is 397 g/mol. The van der Waals surface area contributed by atoms with Crippen molar-refractivity contribution in [1.82, 2.24) is 9.78 Å². The first kappa shape index (κ1) is 16.8. The van der Waals surface area contributed by atoms with Crippen LogP contribution >= 0.6 is 27.5 Å². The molecule has 1 heterocycles. The molecule has 0 saturated heterocycles. The van der Waals surface area contributed by atoms with Crippen LogP contribution in [0.3, 0.4) is 0 Å². The van der Waals surface area contributed by atoms with E-state index in [0.29, 0.717) is 6.54 Å². The summed E-state index contributed by atoms with van der Waals surface area (Å²) < 4.78 is 40.7. The highest BCUT2D eigenvalue weighted by Gasteiger charge is 2.34. The summed E-state index contributed by atoms with van der Waals surface area (Å²) in [5, 5.41) is 6.19. The van der Waals surface area contributed by atoms with Crippen LogP contribution in [0.25, 0.3) is 0 Å². The third-order valence-electron chi connectivity index (χ3n) is 2.79. The standard InChI is InChI=1S/C13H10BrClF3N3O/c1-2-21-6-9(15)11(20-21)12(22)19-10-4-3-7(14)5-8(10)13(16,17)18/h3-6H,2H2,1H3,(H,19,22). The van der Waals surface area contributed by atoms with Gasteiger partial charge in [0.25, 0.3) is 5.91 Å². The minimum absolute atomic E-state index is 0.0741. The van der Waals surface area contributed by atoms with Crippen LogP contribution in [-0.4, -0.2) is 15.7 Å². The Morgan fingerprint density at radius 3 is 2.68 bits per heavy atom. The van der Waals surface area contributed by atoms with E-state index in [1.165, 1.54) is 16.9 Å². The molecule has 1 amide bonds. The predicted molar refractivity (Wildman–Crippen MR) is 80.0 cm³/mol. The molecule has 0 saturated carbocycles. The Hall–Kier alpha value is -1.54. The first-order valence-corrected chi connectivity index (χ1v) is 7.30. The summed E-state index contributed by atoms with van der Waals surface area (Å²) in [4.78, 5) is 12.1. The molecule has 9 heteroatoms. The predicted octanol–water partition coefficient (Wildman–Crippen LogP) is 4.59. The van der Waals surface area contributed by atoms with E-state index >= 15 is 0 Å². The number of nitrogens with zero attached hydrogens (tertiary/aromatic N) is 2. The molecule has 0 spiro atoms. The fraction of sp³-hybridized carbons (Fsp3) is 0.231. The van der Waals surface area contributed by atoms with Gasteiger partial charge in [0.2, 0.25) is 0 Å². The second kappa shape index (κ2) is 6.29. The van der Waals surface area contributed by atoms with E-state index in [1.807, 2.05) is 0 Å². The number of aryl methyl sites for hydroxylation is 1. The highest BCUT2D eigenvalue weighted by Crippen LogP contribution is 2.36. The monoisotopic (exact) mass is 395 g/mol. The number of nitrogens with one attached hydrogen (secondary N) is 1. The normalized spacial score (nSPS) is 11.5. The van der Waals surface area contributed by atoms with Gasteiger partial charge in [-0.25, -0.2) is 0 Å². The molecule has 1 N–H and O–H groups in total. The number of carbonyl (C=O) groups is 1. The van der Waals surface area contributed by atoms with Gasteiger partial charge >= 0.3 is 6.18 Å². The van der Waals surface area contributed by atoms with Crippen LogP contribution in [0.1, 0.15) is 23.0 Å². The van der Waals surface area contributed by atoms with Gasteiger partial charge in [-0.15, -0.1) is 0 Å². The largest absolute Gasteiger partial charge is 0.418 e. The summed E-state index contributed by atoms with van der Waals surface area (Å²) >= 11 is 8.84. The number of anilines is 1. The molecular weight excluding hydrogens is 387 g/mol. The second-order valence-corrected chi connectivity index (χ2v) is 5.65. The molecule has 118 valence electrons. The minimum atomic E-state index is -4.60. The van der Waals surface area contributed by atoms with E-state index in [4.69, 9.17) is 11.6 Å². The molecule has 2 rings (SSSR count). The van der Waals surface area contributed by atoms with Crippen LogP contribution in [0.5, 0.6) is 0 Å². The van der Waals surface area contributed by atoms with Gasteiger partial charge in [-0.1, -0.05) is 27.5 Å². The van der Waals surface area contributed by atoms with Crippen LogP contribution in [0.15, 0.2) is 28.9 Å². The smallest absolute Gasteiger partial charge is 0.320 e. The molecule has 22 heavy (non-hydrogen) atoms. The zero-order valence-corrected chi connectivity index (χ0v) is 13.6. The fourth-order valence-corrected chi connectivity index (χ4v) is 2.35. The number of hydrogen-bond acceptors (Lipinski definition) is 2. The van der Waals surface area contributed by atoms with Crippen molar-refractivity contribution in [2.24, 2.45) is 0 Å². The highest BCUT2D eigenvalue weighted by molar-refractivity contribution is 9.10. The molecule has 1 aromatic carbocycles. The van der Waals surface area contributed by atoms with E-state index in [1.54, 1.807) is 6.92 Å². The van der Waals surface area contributed by atoms with Crippen LogP contribution in [-0.2, 0) is 12.7 Å². The van der Waals surface area contributed by atoms with E-state index in [0.717, 1.165) is 12.1 Å². The van der Waals surface area contributed by atoms with Crippen LogP contribution in [0.4, 0.5) is 18.9 Å². The highest BCUT2D eigenvalue weighted by atomic mass is 79.9. The lowest BCUT2D eigenvalue weighted by Gasteiger charge is -2.13. The number of carbonyl (C=O) groups excluding carboxylic acids is 1. The summed E-state index contributed by atoms with van der Waals surface area (Å²) in [6.45, 7) is 2.28. The number of amides is 1. The number of halogens is 5. The van der Waals surface area contributed by atoms with Crippen molar-refractivity contribution in [2.45, 2.75) is 19.6 Å². The van der Waals surface area contributed by atoms with Gasteiger partial charge in [-0.2, -0.15) is 18.3 Å². The Bertz CT molecular complexity index is 715. The number of hydrogen-bond donors (Lipinski definition) is 1. The lowest BCUT2D eigenvalue weighted by molar-refractivity contribution is -0.136. The summed E-state index contributed by atoms with van der Waals surface area (Å²) in [7, 11) is 0. The number of aromatic nitrogens is 2. The quantitative estimate of drug-likeness (QED) is 0.825. The molecule has 0 radical (unpaired) electrons. The Balaban J connectivity index is 2.34. The van der Waals surface area contributed by atoms with Gasteiger partial charge in [0.05, 0.1) is 16.3 Å². The molecule has 1 aromatic heterocycles. The summed E-state index contributed by atoms with van der Waals surface area (Å²) in [6, 6.07) is 3.45. The average Bonchev–Trinajstić information content (AvgIpc) is 2.81. The van der Waals surface area contributed by atoms with Gasteiger partial charge in [0.15, 0.2) is 5.69 Å². The Kier molecular flexibility index (Phi) is 4.81. The Morgan fingerprint density at radius 1 is 1.45 bits per heavy atom. The van der Waals surface area contributed by atoms with E-state index < -0.39 is 17.6 Å². The molecule has 0 unspecified atom stereocenters. The molecule has 0 fully saturated rings. The van der Waals surface area contributed by atoms with Gasteiger partial charge < -0.3 is 5.32 Å². The van der Waals surface area contributed by atoms with Crippen LogP contribution < -0.4 is 5.32 Å². The van der Waals surface area contributed by atoms with Crippen molar-refractivity contribution in [1.29, 1.82) is 0 Å². The summed E-state index contributed by atoms with van der Waals surface area (Å²) in [5.41, 5.74) is -1.44. The maximum atomic E-state index is 13.0. The number of benzene rings is 1. The van der Waals surface area contributed by atoms with E-state index in [2.05, 4.69) is 26.3 Å². The zero-order chi connectivity index (χ0) is 16.5. The Labute approximate surface area is 137 Å². The molecule has 0 aliphatic carbocycles. The summed E-state index contributed by atoms with van der Waals surface area (Å²) in [5.74, 6) is -0.801. The lowest BCUT2D eigenvalue weighted by atomic mass is 10.1. The molecule has 0 bridgehead atoms. The SMILES string of the molecule is CCn1cc(Cl)c(C(=O)Nc2ccc(Br)cc2C(F)(F)F)n1. The van der Waals surface area contributed by atoms with E-state index in [-0.39, 0.29) is 20.9 Å². The van der Waals surface area contributed by atoms with Gasteiger partial charge in [-0.3, -0.25) is 9.48 Å². The minimum Gasteiger partial charge on any atom is -0.320 e. The van der Waals surface area contributed by atoms with Crippen molar-refractivity contribution in [3.05, 3.63) is 45.1 Å².